The normalized spacial score (nSPS) is 10.6. The minimum Gasteiger partial charge on any atom is -0.325 e. The molecule has 2 aromatic heterocycles. The molecule has 0 atom stereocenters. The van der Waals surface area contributed by atoms with Gasteiger partial charge in [-0.1, -0.05) is 34.8 Å². The summed E-state index contributed by atoms with van der Waals surface area (Å²) >= 11 is 18.1. The van der Waals surface area contributed by atoms with Gasteiger partial charge in [-0.05, 0) is 49.7 Å². The highest BCUT2D eigenvalue weighted by Gasteiger charge is 2.16. The third-order valence-electron chi connectivity index (χ3n) is 3.61. The quantitative estimate of drug-likeness (QED) is 0.538. The maximum absolute atomic E-state index is 12.5. The molecule has 0 saturated heterocycles. The van der Waals surface area contributed by atoms with Crippen LogP contribution < -0.4 is 10.6 Å². The minimum atomic E-state index is -0.441. The molecule has 2 heterocycles. The number of carbonyl (C=O) groups is 1. The Labute approximate surface area is 171 Å². The van der Waals surface area contributed by atoms with E-state index in [4.69, 9.17) is 34.8 Å². The fraction of sp³-hybridized carbons (Fsp3) is 0.105. The van der Waals surface area contributed by atoms with Crippen molar-refractivity contribution in [2.75, 3.05) is 10.6 Å². The van der Waals surface area contributed by atoms with Crippen LogP contribution in [0.15, 0.2) is 42.6 Å². The lowest BCUT2D eigenvalue weighted by Gasteiger charge is -2.11. The van der Waals surface area contributed by atoms with Crippen LogP contribution in [0.4, 0.5) is 17.3 Å². The number of pyridine rings is 2. The molecule has 1 aromatic carbocycles. The molecule has 0 aliphatic heterocycles. The van der Waals surface area contributed by atoms with Crippen molar-refractivity contribution in [1.82, 2.24) is 9.97 Å². The third-order valence-corrected chi connectivity index (χ3v) is 4.42. The first kappa shape index (κ1) is 19.4. The molecule has 8 heteroatoms. The summed E-state index contributed by atoms with van der Waals surface area (Å²) in [5, 5.41) is 6.60. The predicted molar refractivity (Wildman–Crippen MR) is 111 cm³/mol. The van der Waals surface area contributed by atoms with Crippen LogP contribution in [-0.2, 0) is 0 Å². The monoisotopic (exact) mass is 420 g/mol. The van der Waals surface area contributed by atoms with Crippen LogP contribution in [0.2, 0.25) is 15.1 Å². The number of hydrogen-bond acceptors (Lipinski definition) is 4. The zero-order chi connectivity index (χ0) is 19.6. The molecule has 0 bridgehead atoms. The fourth-order valence-electron chi connectivity index (χ4n) is 2.57. The van der Waals surface area contributed by atoms with Gasteiger partial charge in [-0.3, -0.25) is 4.79 Å². The summed E-state index contributed by atoms with van der Waals surface area (Å²) in [6.07, 6.45) is 1.58. The zero-order valence-corrected chi connectivity index (χ0v) is 16.7. The summed E-state index contributed by atoms with van der Waals surface area (Å²) in [6, 6.07) is 10.2. The van der Waals surface area contributed by atoms with E-state index in [1.807, 2.05) is 26.0 Å². The van der Waals surface area contributed by atoms with Crippen molar-refractivity contribution in [3.63, 3.8) is 0 Å². The molecule has 0 saturated carbocycles. The van der Waals surface area contributed by atoms with E-state index in [0.717, 1.165) is 11.3 Å². The highest BCUT2D eigenvalue weighted by atomic mass is 35.5. The van der Waals surface area contributed by atoms with E-state index < -0.39 is 5.91 Å². The highest BCUT2D eigenvalue weighted by Crippen LogP contribution is 2.30. The molecule has 27 heavy (non-hydrogen) atoms. The standard InChI is InChI=1S/C19H15Cl3N4O/c1-10-5-11(2)24-17(6-10)26-16-9-13(3-4-23-16)25-19(27)18-14(21)7-12(20)8-15(18)22/h3-9H,1-2H3,(H2,23,24,25,26,27). The maximum atomic E-state index is 12.5. The lowest BCUT2D eigenvalue weighted by atomic mass is 10.2. The number of carbonyl (C=O) groups excluding carboxylic acids is 1. The van der Waals surface area contributed by atoms with Gasteiger partial charge in [0.2, 0.25) is 0 Å². The number of hydrogen-bond donors (Lipinski definition) is 2. The number of halogens is 3. The van der Waals surface area contributed by atoms with Crippen molar-refractivity contribution in [1.29, 1.82) is 0 Å². The summed E-state index contributed by atoms with van der Waals surface area (Å²) < 4.78 is 0. The molecular weight excluding hydrogens is 407 g/mol. The second-order valence-electron chi connectivity index (χ2n) is 5.92. The number of benzene rings is 1. The Bertz CT molecular complexity index is 980. The van der Waals surface area contributed by atoms with Crippen LogP contribution in [0.5, 0.6) is 0 Å². The van der Waals surface area contributed by atoms with Gasteiger partial charge in [0.15, 0.2) is 0 Å². The van der Waals surface area contributed by atoms with Crippen LogP contribution in [0, 0.1) is 13.8 Å². The molecule has 0 spiro atoms. The van der Waals surface area contributed by atoms with Gasteiger partial charge in [-0.2, -0.15) is 0 Å². The van der Waals surface area contributed by atoms with Crippen molar-refractivity contribution in [2.45, 2.75) is 13.8 Å². The molecular formula is C19H15Cl3N4O. The molecule has 0 aliphatic carbocycles. The second kappa shape index (κ2) is 8.13. The lowest BCUT2D eigenvalue weighted by molar-refractivity contribution is 0.102. The first-order valence-electron chi connectivity index (χ1n) is 7.96. The molecule has 0 fully saturated rings. The predicted octanol–water partition coefficient (Wildman–Crippen LogP) is 6.05. The SMILES string of the molecule is Cc1cc(C)nc(Nc2cc(NC(=O)c3c(Cl)cc(Cl)cc3Cl)ccn2)c1. The molecule has 5 nitrogen and oxygen atoms in total. The summed E-state index contributed by atoms with van der Waals surface area (Å²) in [5.74, 6) is 0.772. The summed E-state index contributed by atoms with van der Waals surface area (Å²) in [4.78, 5) is 21.2. The first-order valence-corrected chi connectivity index (χ1v) is 9.09. The van der Waals surface area contributed by atoms with E-state index in [1.165, 1.54) is 12.1 Å². The Morgan fingerprint density at radius 2 is 1.67 bits per heavy atom. The Kier molecular flexibility index (Phi) is 5.85. The van der Waals surface area contributed by atoms with Gasteiger partial charge < -0.3 is 10.6 Å². The molecule has 0 unspecified atom stereocenters. The van der Waals surface area contributed by atoms with Crippen molar-refractivity contribution in [2.24, 2.45) is 0 Å². The Morgan fingerprint density at radius 3 is 2.33 bits per heavy atom. The van der Waals surface area contributed by atoms with Crippen molar-refractivity contribution in [3.8, 4) is 0 Å². The number of rotatable bonds is 4. The van der Waals surface area contributed by atoms with E-state index in [0.29, 0.717) is 22.3 Å². The van der Waals surface area contributed by atoms with E-state index in [2.05, 4.69) is 20.6 Å². The molecule has 0 radical (unpaired) electrons. The second-order valence-corrected chi connectivity index (χ2v) is 7.18. The smallest absolute Gasteiger partial charge is 0.258 e. The largest absolute Gasteiger partial charge is 0.325 e. The topological polar surface area (TPSA) is 66.9 Å². The average Bonchev–Trinajstić information content (AvgIpc) is 2.53. The summed E-state index contributed by atoms with van der Waals surface area (Å²) in [5.41, 5.74) is 2.67. The van der Waals surface area contributed by atoms with Gasteiger partial charge in [0.05, 0.1) is 15.6 Å². The Hall–Kier alpha value is -2.34. The van der Waals surface area contributed by atoms with Gasteiger partial charge in [0, 0.05) is 28.7 Å². The van der Waals surface area contributed by atoms with Crippen LogP contribution in [0.25, 0.3) is 0 Å². The third kappa shape index (κ3) is 4.89. The van der Waals surface area contributed by atoms with E-state index >= 15 is 0 Å². The molecule has 2 N–H and O–H groups in total. The van der Waals surface area contributed by atoms with Gasteiger partial charge in [0.25, 0.3) is 5.91 Å². The first-order chi connectivity index (χ1) is 12.8. The van der Waals surface area contributed by atoms with Gasteiger partial charge in [0.1, 0.15) is 11.6 Å². The van der Waals surface area contributed by atoms with Crippen LogP contribution >= 0.6 is 34.8 Å². The van der Waals surface area contributed by atoms with Crippen molar-refractivity contribution < 1.29 is 4.79 Å². The number of aryl methyl sites for hydroxylation is 2. The average molecular weight is 422 g/mol. The maximum Gasteiger partial charge on any atom is 0.258 e. The Balaban J connectivity index is 1.81. The molecule has 1 amide bonds. The minimum absolute atomic E-state index is 0.157. The van der Waals surface area contributed by atoms with E-state index in [9.17, 15) is 4.79 Å². The molecule has 3 aromatic rings. The summed E-state index contributed by atoms with van der Waals surface area (Å²) in [6.45, 7) is 3.91. The molecule has 138 valence electrons. The number of nitrogens with zero attached hydrogens (tertiary/aromatic N) is 2. The van der Waals surface area contributed by atoms with Gasteiger partial charge in [-0.15, -0.1) is 0 Å². The highest BCUT2D eigenvalue weighted by molar-refractivity contribution is 6.42. The lowest BCUT2D eigenvalue weighted by Crippen LogP contribution is -2.13. The van der Waals surface area contributed by atoms with Crippen molar-refractivity contribution in [3.05, 3.63) is 74.5 Å². The van der Waals surface area contributed by atoms with E-state index in [-0.39, 0.29) is 15.6 Å². The number of amides is 1. The number of anilines is 3. The van der Waals surface area contributed by atoms with Gasteiger partial charge >= 0.3 is 0 Å². The van der Waals surface area contributed by atoms with Crippen LogP contribution in [0.3, 0.4) is 0 Å². The van der Waals surface area contributed by atoms with E-state index in [1.54, 1.807) is 18.3 Å². The zero-order valence-electron chi connectivity index (χ0n) is 14.5. The molecule has 3 rings (SSSR count). The van der Waals surface area contributed by atoms with Crippen molar-refractivity contribution >= 4 is 58.0 Å². The number of aromatic nitrogens is 2. The van der Waals surface area contributed by atoms with Crippen LogP contribution in [0.1, 0.15) is 21.6 Å². The molecule has 0 aliphatic rings. The summed E-state index contributed by atoms with van der Waals surface area (Å²) in [7, 11) is 0. The fourth-order valence-corrected chi connectivity index (χ4v) is 3.55. The number of nitrogens with one attached hydrogen (secondary N) is 2. The Morgan fingerprint density at radius 1 is 0.963 bits per heavy atom. The van der Waals surface area contributed by atoms with Gasteiger partial charge in [-0.25, -0.2) is 9.97 Å². The van der Waals surface area contributed by atoms with Crippen LogP contribution in [-0.4, -0.2) is 15.9 Å².